The maximum atomic E-state index is 9.42. The first-order valence-electron chi connectivity index (χ1n) is 12.8. The first kappa shape index (κ1) is 44.0. The Hall–Kier alpha value is -1.48. The number of hydrogen-bond acceptors (Lipinski definition) is 7. The molecule has 2 fully saturated rings. The summed E-state index contributed by atoms with van der Waals surface area (Å²) in [5.74, 6) is 0.442. The SMILES string of the molecule is C.C.C.C.C[14CH](C)c1ccc(B2OC(C)(C)C(C)(C)O2)cn1.C[14CH](O)c1ccc(B2OC(C)(C)C(C)(C)O2)cn1.Cl. The third-order valence-corrected chi connectivity index (χ3v) is 7.69. The highest BCUT2D eigenvalue weighted by atomic mass is 35.5. The second-order valence-electron chi connectivity index (χ2n) is 12.0. The van der Waals surface area contributed by atoms with Crippen LogP contribution in [-0.2, 0) is 18.6 Å². The van der Waals surface area contributed by atoms with E-state index in [4.69, 9.17) is 18.6 Å². The molecule has 0 amide bonds. The predicted octanol–water partition coefficient (Wildman–Crippen LogP) is 6.90. The molecule has 0 spiro atoms. The van der Waals surface area contributed by atoms with E-state index in [1.165, 1.54) is 0 Å². The highest BCUT2D eigenvalue weighted by molar-refractivity contribution is 6.62. The van der Waals surface area contributed by atoms with E-state index < -0.39 is 13.2 Å². The minimum absolute atomic E-state index is 0. The Labute approximate surface area is 259 Å². The van der Waals surface area contributed by atoms with E-state index in [9.17, 15) is 5.11 Å². The van der Waals surface area contributed by atoms with Crippen molar-refractivity contribution in [1.29, 1.82) is 0 Å². The molecule has 1 atom stereocenters. The molecule has 1 N–H and O–H groups in total. The molecule has 7 nitrogen and oxygen atoms in total. The van der Waals surface area contributed by atoms with Crippen LogP contribution >= 0.6 is 12.4 Å². The van der Waals surface area contributed by atoms with E-state index in [1.807, 2.05) is 52.1 Å². The van der Waals surface area contributed by atoms with Gasteiger partial charge in [0.2, 0.25) is 0 Å². The van der Waals surface area contributed by atoms with Gasteiger partial charge in [0.25, 0.3) is 0 Å². The molecule has 41 heavy (non-hydrogen) atoms. The first-order chi connectivity index (χ1) is 16.5. The molecule has 0 saturated carbocycles. The average Bonchev–Trinajstić information content (AvgIpc) is 3.14. The number of aliphatic hydroxyl groups excluding tert-OH is 1. The topological polar surface area (TPSA) is 82.9 Å². The Bertz CT molecular complexity index is 914. The number of aliphatic hydroxyl groups is 1. The minimum Gasteiger partial charge on any atom is -0.399 e. The van der Waals surface area contributed by atoms with E-state index in [2.05, 4.69) is 51.5 Å². The first-order valence-corrected chi connectivity index (χ1v) is 12.8. The summed E-state index contributed by atoms with van der Waals surface area (Å²) in [6, 6.07) is 7.78. The third-order valence-electron chi connectivity index (χ3n) is 7.69. The van der Waals surface area contributed by atoms with E-state index in [0.29, 0.717) is 11.6 Å². The van der Waals surface area contributed by atoms with Crippen LogP contribution in [0.15, 0.2) is 36.7 Å². The highest BCUT2D eigenvalue weighted by Crippen LogP contribution is 2.37. The van der Waals surface area contributed by atoms with Crippen LogP contribution in [0.2, 0.25) is 0 Å². The van der Waals surface area contributed by atoms with Crippen molar-refractivity contribution >= 4 is 37.6 Å². The van der Waals surface area contributed by atoms with Crippen LogP contribution in [0, 0.1) is 0 Å². The van der Waals surface area contributed by atoms with Crippen molar-refractivity contribution in [3.05, 3.63) is 48.0 Å². The molecule has 0 radical (unpaired) electrons. The van der Waals surface area contributed by atoms with Crippen molar-refractivity contribution in [3.63, 3.8) is 0 Å². The summed E-state index contributed by atoms with van der Waals surface area (Å²) < 4.78 is 23.8. The van der Waals surface area contributed by atoms with Crippen LogP contribution in [-0.4, -0.2) is 51.7 Å². The van der Waals surface area contributed by atoms with Crippen LogP contribution < -0.4 is 10.9 Å². The van der Waals surface area contributed by atoms with Gasteiger partial charge in [-0.25, -0.2) is 0 Å². The molecule has 236 valence electrons. The van der Waals surface area contributed by atoms with Crippen molar-refractivity contribution in [1.82, 2.24) is 9.97 Å². The fourth-order valence-corrected chi connectivity index (χ4v) is 3.66. The van der Waals surface area contributed by atoms with E-state index >= 15 is 0 Å². The number of nitrogens with zero attached hydrogens (tertiary/aromatic N) is 2. The number of hydrogen-bond donors (Lipinski definition) is 1. The molecular weight excluding hydrogens is 541 g/mol. The standard InChI is InChI=1S/C14H22BNO2.C13H20BNO3.4CH4.ClH/c1-10(2)12-8-7-11(9-16-12)15-17-13(3,4)14(5,6)18-15;1-9(16)11-7-6-10(8-15-11)14-17-12(2,3)13(4,5)18-14;;;;;/h7-10H,1-6H3;6-9,16H,1-5H3;4*1H4;1H/i10+2;9+2;;;;;. The molecule has 2 aliphatic rings. The summed E-state index contributed by atoms with van der Waals surface area (Å²) in [5, 5.41) is 9.42. The monoisotopic (exact) mass is 600 g/mol. The van der Waals surface area contributed by atoms with Crippen molar-refractivity contribution in [2.24, 2.45) is 0 Å². The van der Waals surface area contributed by atoms with Crippen LogP contribution in [0.5, 0.6) is 0 Å². The quantitative estimate of drug-likeness (QED) is 0.382. The molecule has 2 aromatic rings. The van der Waals surface area contributed by atoms with Crippen LogP contribution in [0.3, 0.4) is 0 Å². The molecule has 2 aliphatic heterocycles. The Morgan fingerprint density at radius 1 is 0.585 bits per heavy atom. The van der Waals surface area contributed by atoms with Gasteiger partial charge in [0.1, 0.15) is 0 Å². The van der Waals surface area contributed by atoms with Crippen LogP contribution in [0.4, 0.5) is 0 Å². The Morgan fingerprint density at radius 3 is 1.10 bits per heavy atom. The molecule has 2 saturated heterocycles. The van der Waals surface area contributed by atoms with E-state index in [1.54, 1.807) is 19.2 Å². The Morgan fingerprint density at radius 2 is 0.878 bits per heavy atom. The zero-order chi connectivity index (χ0) is 27.1. The molecule has 1 unspecified atom stereocenters. The largest absolute Gasteiger partial charge is 0.496 e. The van der Waals surface area contributed by atoms with Gasteiger partial charge < -0.3 is 23.7 Å². The van der Waals surface area contributed by atoms with Gasteiger partial charge in [-0.05, 0) is 80.4 Å². The van der Waals surface area contributed by atoms with Gasteiger partial charge in [-0.15, -0.1) is 12.4 Å². The van der Waals surface area contributed by atoms with Crippen molar-refractivity contribution in [2.45, 2.75) is 140 Å². The average molecular weight is 601 g/mol. The Kier molecular flexibility index (Phi) is 17.0. The summed E-state index contributed by atoms with van der Waals surface area (Å²) in [4.78, 5) is 8.67. The molecular formula is C31H59B2ClN2O5. The van der Waals surface area contributed by atoms with Gasteiger partial charge in [0.15, 0.2) is 0 Å². The van der Waals surface area contributed by atoms with Gasteiger partial charge in [-0.1, -0.05) is 55.7 Å². The summed E-state index contributed by atoms with van der Waals surface area (Å²) in [6.45, 7) is 22.3. The summed E-state index contributed by atoms with van der Waals surface area (Å²) in [7, 11) is -0.714. The van der Waals surface area contributed by atoms with Crippen LogP contribution in [0.25, 0.3) is 0 Å². The van der Waals surface area contributed by atoms with E-state index in [-0.39, 0.29) is 71.6 Å². The smallest absolute Gasteiger partial charge is 0.399 e. The zero-order valence-corrected chi connectivity index (χ0v) is 25.0. The van der Waals surface area contributed by atoms with Crippen molar-refractivity contribution in [3.8, 4) is 0 Å². The molecule has 4 heterocycles. The molecule has 0 bridgehead atoms. The molecule has 4 rings (SSSR count). The fraction of sp³-hybridized carbons (Fsp3) is 0.677. The maximum absolute atomic E-state index is 9.42. The van der Waals surface area contributed by atoms with Crippen molar-refractivity contribution < 1.29 is 23.7 Å². The highest BCUT2D eigenvalue weighted by Gasteiger charge is 2.52. The van der Waals surface area contributed by atoms with Crippen LogP contribution in [0.1, 0.15) is 129 Å². The summed E-state index contributed by atoms with van der Waals surface area (Å²) in [5.41, 5.74) is 2.31. The zero-order valence-electron chi connectivity index (χ0n) is 24.2. The lowest BCUT2D eigenvalue weighted by Gasteiger charge is -2.32. The lowest BCUT2D eigenvalue weighted by atomic mass is 9.80. The van der Waals surface area contributed by atoms with Gasteiger partial charge in [-0.2, -0.15) is 0 Å². The van der Waals surface area contributed by atoms with Gasteiger partial charge in [0, 0.05) is 29.0 Å². The Balaban J connectivity index is -0.000000628. The minimum atomic E-state index is -0.558. The fourth-order valence-electron chi connectivity index (χ4n) is 3.66. The second kappa shape index (κ2) is 15.8. The summed E-state index contributed by atoms with van der Waals surface area (Å²) >= 11 is 0. The molecule has 0 aromatic carbocycles. The second-order valence-corrected chi connectivity index (χ2v) is 12.0. The normalized spacial score (nSPS) is 19.6. The van der Waals surface area contributed by atoms with Crippen molar-refractivity contribution in [2.75, 3.05) is 0 Å². The molecule has 2 aromatic heterocycles. The van der Waals surface area contributed by atoms with Gasteiger partial charge >= 0.3 is 14.2 Å². The van der Waals surface area contributed by atoms with E-state index in [0.717, 1.165) is 16.6 Å². The summed E-state index contributed by atoms with van der Waals surface area (Å²) in [6.07, 6.45) is 3.00. The lowest BCUT2D eigenvalue weighted by molar-refractivity contribution is 0.00578. The number of aromatic nitrogens is 2. The molecule has 0 aliphatic carbocycles. The number of pyridine rings is 2. The predicted molar refractivity (Wildman–Crippen MR) is 179 cm³/mol. The lowest BCUT2D eigenvalue weighted by Crippen LogP contribution is -2.41. The number of halogens is 1. The van der Waals surface area contributed by atoms with Gasteiger partial charge in [0.05, 0.1) is 34.2 Å². The third kappa shape index (κ3) is 9.77. The van der Waals surface area contributed by atoms with Gasteiger partial charge in [-0.3, -0.25) is 9.97 Å². The number of rotatable bonds is 4. The molecule has 10 heteroatoms. The maximum Gasteiger partial charge on any atom is 0.496 e.